The van der Waals surface area contributed by atoms with Crippen LogP contribution in [0.4, 0.5) is 0 Å². The molecule has 23 heavy (non-hydrogen) atoms. The van der Waals surface area contributed by atoms with E-state index < -0.39 is 0 Å². The second kappa shape index (κ2) is 9.63. The first-order valence-electron chi connectivity index (χ1n) is 8.57. The molecule has 0 saturated carbocycles. The van der Waals surface area contributed by atoms with E-state index in [1.807, 2.05) is 23.2 Å². The van der Waals surface area contributed by atoms with E-state index in [2.05, 4.69) is 23.0 Å². The zero-order chi connectivity index (χ0) is 16.5. The molecule has 5 nitrogen and oxygen atoms in total. The lowest BCUT2D eigenvalue weighted by Gasteiger charge is -2.27. The number of ether oxygens (including phenoxy) is 1. The van der Waals surface area contributed by atoms with Gasteiger partial charge in [0.1, 0.15) is 0 Å². The smallest absolute Gasteiger partial charge is 0.222 e. The molecular weight excluding hydrogens is 290 g/mol. The van der Waals surface area contributed by atoms with Crippen LogP contribution in [-0.4, -0.2) is 60.6 Å². The van der Waals surface area contributed by atoms with Crippen molar-refractivity contribution in [2.24, 2.45) is 0 Å². The SMILES string of the molecule is COCCCC(=O)N1CCCC(N(C)Cc2ccccn2)CC1. The highest BCUT2D eigenvalue weighted by atomic mass is 16.5. The number of amides is 1. The highest BCUT2D eigenvalue weighted by Gasteiger charge is 2.23. The van der Waals surface area contributed by atoms with Crippen LogP contribution in [0.15, 0.2) is 24.4 Å². The number of hydrogen-bond acceptors (Lipinski definition) is 4. The molecule has 1 amide bonds. The van der Waals surface area contributed by atoms with Crippen molar-refractivity contribution >= 4 is 5.91 Å². The molecule has 1 aliphatic rings. The molecule has 128 valence electrons. The van der Waals surface area contributed by atoms with E-state index in [0.717, 1.165) is 51.0 Å². The molecule has 2 rings (SSSR count). The number of rotatable bonds is 7. The maximum Gasteiger partial charge on any atom is 0.222 e. The molecule has 0 radical (unpaired) electrons. The van der Waals surface area contributed by atoms with Gasteiger partial charge in [-0.2, -0.15) is 0 Å². The second-order valence-corrected chi connectivity index (χ2v) is 6.30. The number of aromatic nitrogens is 1. The maximum absolute atomic E-state index is 12.2. The van der Waals surface area contributed by atoms with Crippen LogP contribution in [0.25, 0.3) is 0 Å². The number of nitrogens with zero attached hydrogens (tertiary/aromatic N) is 3. The third-order valence-electron chi connectivity index (χ3n) is 4.55. The van der Waals surface area contributed by atoms with Gasteiger partial charge in [-0.05, 0) is 44.9 Å². The molecule has 2 heterocycles. The van der Waals surface area contributed by atoms with Gasteiger partial charge in [0.05, 0.1) is 5.69 Å². The maximum atomic E-state index is 12.2. The van der Waals surface area contributed by atoms with E-state index in [-0.39, 0.29) is 5.91 Å². The Bertz CT molecular complexity index is 467. The number of likely N-dealkylation sites (tertiary alicyclic amines) is 1. The van der Waals surface area contributed by atoms with Gasteiger partial charge in [0.15, 0.2) is 0 Å². The fourth-order valence-electron chi connectivity index (χ4n) is 3.17. The van der Waals surface area contributed by atoms with E-state index in [9.17, 15) is 4.79 Å². The Kier molecular flexibility index (Phi) is 7.49. The van der Waals surface area contributed by atoms with E-state index in [1.165, 1.54) is 0 Å². The fraction of sp³-hybridized carbons (Fsp3) is 0.667. The van der Waals surface area contributed by atoms with Crippen LogP contribution in [0.1, 0.15) is 37.8 Å². The summed E-state index contributed by atoms with van der Waals surface area (Å²) in [6.07, 6.45) is 6.52. The summed E-state index contributed by atoms with van der Waals surface area (Å²) in [5.74, 6) is 0.273. The lowest BCUT2D eigenvalue weighted by atomic mass is 10.1. The van der Waals surface area contributed by atoms with Gasteiger partial charge in [-0.3, -0.25) is 14.7 Å². The molecule has 1 fully saturated rings. The van der Waals surface area contributed by atoms with Gasteiger partial charge < -0.3 is 9.64 Å². The summed E-state index contributed by atoms with van der Waals surface area (Å²) in [6, 6.07) is 6.57. The summed E-state index contributed by atoms with van der Waals surface area (Å²) in [5, 5.41) is 0. The van der Waals surface area contributed by atoms with E-state index >= 15 is 0 Å². The standard InChI is InChI=1S/C18H29N3O2/c1-20(15-16-7-3-4-11-19-16)17-8-5-12-21(13-10-17)18(22)9-6-14-23-2/h3-4,7,11,17H,5-6,8-10,12-15H2,1-2H3. The predicted octanol–water partition coefficient (Wildman–Crippen LogP) is 2.32. The van der Waals surface area contributed by atoms with Crippen molar-refractivity contribution in [2.45, 2.75) is 44.7 Å². The van der Waals surface area contributed by atoms with E-state index in [0.29, 0.717) is 19.1 Å². The van der Waals surface area contributed by atoms with E-state index in [1.54, 1.807) is 7.11 Å². The summed E-state index contributed by atoms with van der Waals surface area (Å²) in [6.45, 7) is 3.28. The monoisotopic (exact) mass is 319 g/mol. The van der Waals surface area contributed by atoms with Gasteiger partial charge in [0.25, 0.3) is 0 Å². The number of methoxy groups -OCH3 is 1. The van der Waals surface area contributed by atoms with Crippen molar-refractivity contribution in [3.8, 4) is 0 Å². The lowest BCUT2D eigenvalue weighted by Crippen LogP contribution is -2.35. The second-order valence-electron chi connectivity index (χ2n) is 6.30. The zero-order valence-electron chi connectivity index (χ0n) is 14.4. The average Bonchev–Trinajstić information content (AvgIpc) is 2.82. The Balaban J connectivity index is 1.79. The van der Waals surface area contributed by atoms with Crippen LogP contribution in [0.3, 0.4) is 0 Å². The van der Waals surface area contributed by atoms with Gasteiger partial charge in [0, 0.05) is 52.0 Å². The van der Waals surface area contributed by atoms with Gasteiger partial charge in [-0.25, -0.2) is 0 Å². The van der Waals surface area contributed by atoms with Crippen LogP contribution < -0.4 is 0 Å². The molecular formula is C18H29N3O2. The zero-order valence-corrected chi connectivity index (χ0v) is 14.4. The minimum atomic E-state index is 0.273. The molecule has 0 bridgehead atoms. The van der Waals surface area contributed by atoms with Gasteiger partial charge >= 0.3 is 0 Å². The normalized spacial score (nSPS) is 18.9. The number of pyridine rings is 1. The molecule has 0 spiro atoms. The van der Waals surface area contributed by atoms with E-state index in [4.69, 9.17) is 4.74 Å². The molecule has 0 aromatic carbocycles. The minimum absolute atomic E-state index is 0.273. The molecule has 0 N–H and O–H groups in total. The van der Waals surface area contributed by atoms with Crippen LogP contribution in [0.5, 0.6) is 0 Å². The summed E-state index contributed by atoms with van der Waals surface area (Å²) in [4.78, 5) is 21.1. The molecule has 1 aliphatic heterocycles. The predicted molar refractivity (Wildman–Crippen MR) is 91.0 cm³/mol. The minimum Gasteiger partial charge on any atom is -0.385 e. The molecule has 1 saturated heterocycles. The third-order valence-corrected chi connectivity index (χ3v) is 4.55. The van der Waals surface area contributed by atoms with Gasteiger partial charge in [-0.1, -0.05) is 6.07 Å². The van der Waals surface area contributed by atoms with Crippen LogP contribution >= 0.6 is 0 Å². The molecule has 1 aromatic rings. The number of carbonyl (C=O) groups excluding carboxylic acids is 1. The summed E-state index contributed by atoms with van der Waals surface area (Å²) in [5.41, 5.74) is 1.10. The van der Waals surface area contributed by atoms with Gasteiger partial charge in [0.2, 0.25) is 5.91 Å². The number of hydrogen-bond donors (Lipinski definition) is 0. The molecule has 0 aliphatic carbocycles. The highest BCUT2D eigenvalue weighted by molar-refractivity contribution is 5.76. The van der Waals surface area contributed by atoms with Crippen molar-refractivity contribution < 1.29 is 9.53 Å². The van der Waals surface area contributed by atoms with Gasteiger partial charge in [-0.15, -0.1) is 0 Å². The summed E-state index contributed by atoms with van der Waals surface area (Å²) < 4.78 is 5.03. The van der Waals surface area contributed by atoms with Crippen LogP contribution in [-0.2, 0) is 16.1 Å². The fourth-order valence-corrected chi connectivity index (χ4v) is 3.17. The molecule has 1 atom stereocenters. The largest absolute Gasteiger partial charge is 0.385 e. The third kappa shape index (κ3) is 5.92. The lowest BCUT2D eigenvalue weighted by molar-refractivity contribution is -0.131. The molecule has 5 heteroatoms. The Labute approximate surface area is 139 Å². The van der Waals surface area contributed by atoms with Crippen molar-refractivity contribution in [1.82, 2.24) is 14.8 Å². The first-order valence-corrected chi connectivity index (χ1v) is 8.57. The topological polar surface area (TPSA) is 45.7 Å². The van der Waals surface area contributed by atoms with Crippen LogP contribution in [0, 0.1) is 0 Å². The van der Waals surface area contributed by atoms with Crippen molar-refractivity contribution in [1.29, 1.82) is 0 Å². The van der Waals surface area contributed by atoms with Crippen molar-refractivity contribution in [3.63, 3.8) is 0 Å². The molecule has 1 aromatic heterocycles. The number of carbonyl (C=O) groups is 1. The Morgan fingerprint density at radius 3 is 3.00 bits per heavy atom. The van der Waals surface area contributed by atoms with Crippen molar-refractivity contribution in [3.05, 3.63) is 30.1 Å². The highest BCUT2D eigenvalue weighted by Crippen LogP contribution is 2.18. The quantitative estimate of drug-likeness (QED) is 0.724. The first kappa shape index (κ1) is 17.9. The molecule has 1 unspecified atom stereocenters. The van der Waals surface area contributed by atoms with Crippen molar-refractivity contribution in [2.75, 3.05) is 33.9 Å². The Morgan fingerprint density at radius 1 is 1.39 bits per heavy atom. The Morgan fingerprint density at radius 2 is 2.26 bits per heavy atom. The first-order chi connectivity index (χ1) is 11.2. The van der Waals surface area contributed by atoms with Crippen LogP contribution in [0.2, 0.25) is 0 Å². The Hall–Kier alpha value is -1.46. The average molecular weight is 319 g/mol. The summed E-state index contributed by atoms with van der Waals surface area (Å²) in [7, 11) is 3.84. The summed E-state index contributed by atoms with van der Waals surface area (Å²) >= 11 is 0.